The third kappa shape index (κ3) is 4.11. The molecule has 0 radical (unpaired) electrons. The van der Waals surface area contributed by atoms with Gasteiger partial charge in [-0.2, -0.15) is 5.10 Å². The lowest BCUT2D eigenvalue weighted by Gasteiger charge is -2.33. The number of carbonyl (C=O) groups excluding carboxylic acids is 2. The second-order valence-corrected chi connectivity index (χ2v) is 6.90. The molecule has 4 rings (SSSR count). The van der Waals surface area contributed by atoms with E-state index in [2.05, 4.69) is 10.4 Å². The zero-order valence-corrected chi connectivity index (χ0v) is 16.4. The molecule has 10 nitrogen and oxygen atoms in total. The Bertz CT molecular complexity index is 920. The van der Waals surface area contributed by atoms with Crippen LogP contribution in [0.4, 0.5) is 5.69 Å². The van der Waals surface area contributed by atoms with Gasteiger partial charge in [-0.1, -0.05) is 0 Å². The number of nitrogens with one attached hydrogen (secondary N) is 1. The van der Waals surface area contributed by atoms with Crippen LogP contribution in [0.25, 0.3) is 0 Å². The summed E-state index contributed by atoms with van der Waals surface area (Å²) in [4.78, 5) is 28.8. The predicted octanol–water partition coefficient (Wildman–Crippen LogP) is 0.554. The molecule has 0 saturated carbocycles. The van der Waals surface area contributed by atoms with Crippen LogP contribution in [0.2, 0.25) is 0 Å². The molecular weight excluding hydrogens is 378 g/mol. The fourth-order valence-corrected chi connectivity index (χ4v) is 3.38. The van der Waals surface area contributed by atoms with E-state index in [1.165, 1.54) is 7.11 Å². The van der Waals surface area contributed by atoms with Crippen LogP contribution in [0.15, 0.2) is 24.4 Å². The van der Waals surface area contributed by atoms with Crippen LogP contribution in [0, 0.1) is 0 Å². The van der Waals surface area contributed by atoms with Crippen molar-refractivity contribution >= 4 is 17.5 Å². The highest BCUT2D eigenvalue weighted by molar-refractivity contribution is 5.94. The average molecular weight is 401 g/mol. The number of nitrogens with zero attached hydrogens (tertiary/aromatic N) is 4. The standard InChI is InChI=1S/C19H23N5O5/c1-22-4-3-13(21-22)19(26)24-7-5-23(6-8-24)11-18(25)20-14-9-16-17(29-12-28-16)10-15(14)27-2/h3-4,9-10H,5-8,11-12H2,1-2H3,(H,20,25). The summed E-state index contributed by atoms with van der Waals surface area (Å²) in [6.07, 6.45) is 1.75. The van der Waals surface area contributed by atoms with E-state index in [4.69, 9.17) is 14.2 Å². The Kier molecular flexibility index (Phi) is 5.26. The number of benzene rings is 1. The first-order valence-electron chi connectivity index (χ1n) is 9.32. The van der Waals surface area contributed by atoms with E-state index in [1.54, 1.807) is 41.0 Å². The lowest BCUT2D eigenvalue weighted by Crippen LogP contribution is -2.50. The van der Waals surface area contributed by atoms with Crippen LogP contribution in [0.3, 0.4) is 0 Å². The normalized spacial score (nSPS) is 16.0. The largest absolute Gasteiger partial charge is 0.494 e. The number of piperazine rings is 1. The molecule has 0 aliphatic carbocycles. The molecule has 2 aliphatic rings. The second-order valence-electron chi connectivity index (χ2n) is 6.90. The number of fused-ring (bicyclic) bond motifs is 1. The van der Waals surface area contributed by atoms with Crippen molar-refractivity contribution in [2.24, 2.45) is 7.05 Å². The van der Waals surface area contributed by atoms with Gasteiger partial charge in [0.25, 0.3) is 5.91 Å². The molecule has 3 heterocycles. The van der Waals surface area contributed by atoms with Gasteiger partial charge in [0.15, 0.2) is 11.5 Å². The van der Waals surface area contributed by atoms with E-state index in [-0.39, 0.29) is 25.2 Å². The number of rotatable bonds is 5. The molecule has 2 aliphatic heterocycles. The molecular formula is C19H23N5O5. The summed E-state index contributed by atoms with van der Waals surface area (Å²) in [6, 6.07) is 5.10. The maximum Gasteiger partial charge on any atom is 0.274 e. The van der Waals surface area contributed by atoms with E-state index < -0.39 is 0 Å². The van der Waals surface area contributed by atoms with Crippen LogP contribution in [0.1, 0.15) is 10.5 Å². The van der Waals surface area contributed by atoms with Crippen LogP contribution in [0.5, 0.6) is 17.2 Å². The lowest BCUT2D eigenvalue weighted by molar-refractivity contribution is -0.117. The van der Waals surface area contributed by atoms with Crippen LogP contribution >= 0.6 is 0 Å². The Morgan fingerprint density at radius 2 is 1.90 bits per heavy atom. The first-order valence-corrected chi connectivity index (χ1v) is 9.32. The van der Waals surface area contributed by atoms with Crippen molar-refractivity contribution in [3.8, 4) is 17.2 Å². The van der Waals surface area contributed by atoms with Gasteiger partial charge in [-0.05, 0) is 6.07 Å². The number of aryl methyl sites for hydroxylation is 1. The lowest BCUT2D eigenvalue weighted by atomic mass is 10.2. The molecule has 1 saturated heterocycles. The number of carbonyl (C=O) groups is 2. The number of amides is 2. The van der Waals surface area contributed by atoms with Crippen molar-refractivity contribution in [3.05, 3.63) is 30.1 Å². The molecule has 29 heavy (non-hydrogen) atoms. The van der Waals surface area contributed by atoms with Crippen molar-refractivity contribution in [1.29, 1.82) is 0 Å². The van der Waals surface area contributed by atoms with Gasteiger partial charge >= 0.3 is 0 Å². The molecule has 1 aromatic carbocycles. The molecule has 0 atom stereocenters. The van der Waals surface area contributed by atoms with Gasteiger partial charge < -0.3 is 24.4 Å². The van der Waals surface area contributed by atoms with Gasteiger partial charge in [0.05, 0.1) is 19.3 Å². The number of anilines is 1. The van der Waals surface area contributed by atoms with Gasteiger partial charge in [-0.15, -0.1) is 0 Å². The summed E-state index contributed by atoms with van der Waals surface area (Å²) in [5.74, 6) is 1.43. The zero-order chi connectivity index (χ0) is 20.4. The van der Waals surface area contributed by atoms with Gasteiger partial charge in [0.2, 0.25) is 12.7 Å². The number of ether oxygens (including phenoxy) is 3. The Hall–Kier alpha value is -3.27. The number of hydrogen-bond acceptors (Lipinski definition) is 7. The third-order valence-corrected chi connectivity index (χ3v) is 4.93. The van der Waals surface area contributed by atoms with Crippen LogP contribution < -0.4 is 19.5 Å². The van der Waals surface area contributed by atoms with Crippen molar-refractivity contribution in [2.75, 3.05) is 51.9 Å². The molecule has 154 valence electrons. The fourth-order valence-electron chi connectivity index (χ4n) is 3.38. The summed E-state index contributed by atoms with van der Waals surface area (Å²) in [7, 11) is 3.31. The first kappa shape index (κ1) is 19.1. The van der Waals surface area contributed by atoms with Gasteiger partial charge in [-0.3, -0.25) is 19.2 Å². The summed E-state index contributed by atoms with van der Waals surface area (Å²) in [6.45, 7) is 2.71. The first-order chi connectivity index (χ1) is 14.0. The minimum absolute atomic E-state index is 0.0835. The highest BCUT2D eigenvalue weighted by Gasteiger charge is 2.25. The number of methoxy groups -OCH3 is 1. The minimum atomic E-state index is -0.160. The Balaban J connectivity index is 1.31. The Labute approximate surface area is 167 Å². The predicted molar refractivity (Wildman–Crippen MR) is 103 cm³/mol. The van der Waals surface area contributed by atoms with E-state index in [1.807, 2.05) is 4.90 Å². The van der Waals surface area contributed by atoms with Gasteiger partial charge in [0.1, 0.15) is 11.4 Å². The molecule has 0 unspecified atom stereocenters. The molecule has 10 heteroatoms. The van der Waals surface area contributed by atoms with Crippen molar-refractivity contribution < 1.29 is 23.8 Å². The van der Waals surface area contributed by atoms with E-state index in [9.17, 15) is 9.59 Å². The summed E-state index contributed by atoms with van der Waals surface area (Å²) < 4.78 is 17.6. The van der Waals surface area contributed by atoms with Crippen LogP contribution in [-0.2, 0) is 11.8 Å². The molecule has 1 N–H and O–H groups in total. The molecule has 2 aromatic rings. The molecule has 2 amide bonds. The third-order valence-electron chi connectivity index (χ3n) is 4.93. The number of aromatic nitrogens is 2. The van der Waals surface area contributed by atoms with E-state index >= 15 is 0 Å². The fraction of sp³-hybridized carbons (Fsp3) is 0.421. The van der Waals surface area contributed by atoms with E-state index in [0.717, 1.165) is 0 Å². The smallest absolute Gasteiger partial charge is 0.274 e. The quantitative estimate of drug-likeness (QED) is 0.781. The van der Waals surface area contributed by atoms with Gasteiger partial charge in [0, 0.05) is 51.6 Å². The Morgan fingerprint density at radius 1 is 1.17 bits per heavy atom. The highest BCUT2D eigenvalue weighted by Crippen LogP contribution is 2.40. The summed E-state index contributed by atoms with van der Waals surface area (Å²) >= 11 is 0. The zero-order valence-electron chi connectivity index (χ0n) is 16.4. The molecule has 1 fully saturated rings. The van der Waals surface area contributed by atoms with Gasteiger partial charge in [-0.25, -0.2) is 0 Å². The van der Waals surface area contributed by atoms with Crippen molar-refractivity contribution in [1.82, 2.24) is 19.6 Å². The molecule has 1 aromatic heterocycles. The highest BCUT2D eigenvalue weighted by atomic mass is 16.7. The van der Waals surface area contributed by atoms with Crippen molar-refractivity contribution in [2.45, 2.75) is 0 Å². The average Bonchev–Trinajstić information content (AvgIpc) is 3.35. The Morgan fingerprint density at radius 3 is 2.55 bits per heavy atom. The van der Waals surface area contributed by atoms with Crippen LogP contribution in [-0.4, -0.2) is 78.0 Å². The van der Waals surface area contributed by atoms with Crippen molar-refractivity contribution in [3.63, 3.8) is 0 Å². The SMILES string of the molecule is COc1cc2c(cc1NC(=O)CN1CCN(C(=O)c3ccn(C)n3)CC1)OCO2. The monoisotopic (exact) mass is 401 g/mol. The second kappa shape index (κ2) is 8.00. The molecule has 0 bridgehead atoms. The summed E-state index contributed by atoms with van der Waals surface area (Å²) in [5.41, 5.74) is 0.972. The minimum Gasteiger partial charge on any atom is -0.494 e. The topological polar surface area (TPSA) is 98.2 Å². The maximum absolute atomic E-state index is 12.5. The summed E-state index contributed by atoms with van der Waals surface area (Å²) in [5, 5.41) is 7.02. The molecule has 0 spiro atoms. The maximum atomic E-state index is 12.5. The number of hydrogen-bond donors (Lipinski definition) is 1. The van der Waals surface area contributed by atoms with E-state index in [0.29, 0.717) is 54.8 Å².